The molecule has 3 nitrogen and oxygen atoms in total. The van der Waals surface area contributed by atoms with Crippen LogP contribution in [0.5, 0.6) is 5.75 Å². The summed E-state index contributed by atoms with van der Waals surface area (Å²) < 4.78 is 0. The summed E-state index contributed by atoms with van der Waals surface area (Å²) in [5.74, 6) is 0.219. The first-order valence-corrected chi connectivity index (χ1v) is 6.22. The van der Waals surface area contributed by atoms with Crippen LogP contribution in [0.4, 0.5) is 0 Å². The van der Waals surface area contributed by atoms with E-state index in [4.69, 9.17) is 0 Å². The molecule has 0 saturated heterocycles. The number of hydrogen-bond donors (Lipinski definition) is 3. The minimum absolute atomic E-state index is 0.219. The van der Waals surface area contributed by atoms with Crippen molar-refractivity contribution in [3.05, 3.63) is 59.2 Å². The third kappa shape index (κ3) is 1.28. The molecule has 3 heteroatoms. The molecule has 0 fully saturated rings. The Bertz CT molecular complexity index is 731. The van der Waals surface area contributed by atoms with E-state index in [0.29, 0.717) is 0 Å². The van der Waals surface area contributed by atoms with E-state index in [2.05, 4.69) is 0 Å². The lowest BCUT2D eigenvalue weighted by Crippen LogP contribution is -2.20. The number of aliphatic hydroxyl groups excluding tert-OH is 2. The van der Waals surface area contributed by atoms with Crippen LogP contribution in [-0.4, -0.2) is 21.4 Å². The summed E-state index contributed by atoms with van der Waals surface area (Å²) in [6, 6.07) is 10.9. The highest BCUT2D eigenvalue weighted by Gasteiger charge is 2.34. The van der Waals surface area contributed by atoms with Crippen molar-refractivity contribution in [2.45, 2.75) is 12.2 Å². The molecule has 0 spiro atoms. The second-order valence-electron chi connectivity index (χ2n) is 5.02. The first-order chi connectivity index (χ1) is 9.16. The van der Waals surface area contributed by atoms with Crippen molar-refractivity contribution in [2.75, 3.05) is 0 Å². The minimum Gasteiger partial charge on any atom is -0.508 e. The summed E-state index contributed by atoms with van der Waals surface area (Å²) >= 11 is 0. The molecule has 2 aromatic rings. The first-order valence-electron chi connectivity index (χ1n) is 6.22. The molecule has 2 aromatic carbocycles. The second-order valence-corrected chi connectivity index (χ2v) is 5.02. The number of hydrogen-bond acceptors (Lipinski definition) is 3. The lowest BCUT2D eigenvalue weighted by atomic mass is 9.87. The average Bonchev–Trinajstić information content (AvgIpc) is 2.71. The topological polar surface area (TPSA) is 60.7 Å². The van der Waals surface area contributed by atoms with Gasteiger partial charge in [0, 0.05) is 0 Å². The molecule has 0 radical (unpaired) electrons. The molecule has 0 bridgehead atoms. The smallest absolute Gasteiger partial charge is 0.116 e. The third-order valence-electron chi connectivity index (χ3n) is 3.93. The van der Waals surface area contributed by atoms with E-state index in [0.717, 1.165) is 33.4 Å². The Morgan fingerprint density at radius 3 is 2.58 bits per heavy atom. The van der Waals surface area contributed by atoms with Gasteiger partial charge in [-0.25, -0.2) is 0 Å². The van der Waals surface area contributed by atoms with Gasteiger partial charge in [0.25, 0.3) is 0 Å². The van der Waals surface area contributed by atoms with E-state index in [9.17, 15) is 15.3 Å². The Kier molecular flexibility index (Phi) is 1.97. The fraction of sp³-hybridized carbons (Fsp3) is 0.125. The number of aromatic hydroxyl groups is 1. The Balaban J connectivity index is 2.12. The zero-order valence-electron chi connectivity index (χ0n) is 10.0. The lowest BCUT2D eigenvalue weighted by molar-refractivity contribution is 0.0467. The molecule has 3 N–H and O–H groups in total. The predicted octanol–water partition coefficient (Wildman–Crippen LogP) is 2.21. The fourth-order valence-electron chi connectivity index (χ4n) is 3.09. The highest BCUT2D eigenvalue weighted by molar-refractivity contribution is 6.03. The van der Waals surface area contributed by atoms with E-state index in [-0.39, 0.29) is 5.75 Å². The normalized spacial score (nSPS) is 22.7. The van der Waals surface area contributed by atoms with Crippen molar-refractivity contribution < 1.29 is 15.3 Å². The van der Waals surface area contributed by atoms with Crippen LogP contribution in [0.1, 0.15) is 22.8 Å². The van der Waals surface area contributed by atoms with E-state index in [1.807, 2.05) is 24.3 Å². The van der Waals surface area contributed by atoms with Gasteiger partial charge < -0.3 is 15.3 Å². The molecule has 4 rings (SSSR count). The van der Waals surface area contributed by atoms with Crippen LogP contribution in [0, 0.1) is 0 Å². The molecule has 0 unspecified atom stereocenters. The quantitative estimate of drug-likeness (QED) is 0.575. The van der Waals surface area contributed by atoms with E-state index in [1.54, 1.807) is 18.2 Å². The summed E-state index contributed by atoms with van der Waals surface area (Å²) in [6.45, 7) is 0. The van der Waals surface area contributed by atoms with Crippen LogP contribution >= 0.6 is 0 Å². The summed E-state index contributed by atoms with van der Waals surface area (Å²) in [5, 5.41) is 29.7. The molecule has 0 heterocycles. The lowest BCUT2D eigenvalue weighted by Gasteiger charge is -2.24. The van der Waals surface area contributed by atoms with Gasteiger partial charge in [-0.15, -0.1) is 0 Å². The summed E-state index contributed by atoms with van der Waals surface area (Å²) in [5.41, 5.74) is 5.61. The molecular formula is C16H12O3. The Morgan fingerprint density at radius 1 is 0.895 bits per heavy atom. The van der Waals surface area contributed by atoms with Gasteiger partial charge in [0.15, 0.2) is 0 Å². The molecular weight excluding hydrogens is 240 g/mol. The van der Waals surface area contributed by atoms with Crippen molar-refractivity contribution in [1.29, 1.82) is 0 Å². The van der Waals surface area contributed by atoms with Gasteiger partial charge in [-0.05, 0) is 51.6 Å². The average molecular weight is 252 g/mol. The van der Waals surface area contributed by atoms with Crippen molar-refractivity contribution in [1.82, 2.24) is 0 Å². The fourth-order valence-corrected chi connectivity index (χ4v) is 3.09. The van der Waals surface area contributed by atoms with Gasteiger partial charge in [0.2, 0.25) is 0 Å². The Hall–Kier alpha value is -2.10. The van der Waals surface area contributed by atoms with Crippen LogP contribution in [0.2, 0.25) is 0 Å². The van der Waals surface area contributed by atoms with Crippen LogP contribution in [-0.2, 0) is 0 Å². The molecule has 0 aromatic heterocycles. The van der Waals surface area contributed by atoms with Crippen LogP contribution in [0.3, 0.4) is 0 Å². The Labute approximate surface area is 110 Å². The SMILES string of the molecule is Oc1ccc2c(c1)-c1cccc3c1C2=C[C@H](O)[C@H]3O. The number of phenols is 1. The summed E-state index contributed by atoms with van der Waals surface area (Å²) in [6.07, 6.45) is -0.0848. The highest BCUT2D eigenvalue weighted by atomic mass is 16.3. The van der Waals surface area contributed by atoms with Crippen molar-refractivity contribution in [3.63, 3.8) is 0 Å². The maximum absolute atomic E-state index is 10.1. The Morgan fingerprint density at radius 2 is 1.74 bits per heavy atom. The van der Waals surface area contributed by atoms with Gasteiger partial charge in [-0.1, -0.05) is 24.3 Å². The number of benzene rings is 2. The molecule has 2 aliphatic carbocycles. The van der Waals surface area contributed by atoms with E-state index >= 15 is 0 Å². The maximum Gasteiger partial charge on any atom is 0.116 e. The van der Waals surface area contributed by atoms with Gasteiger partial charge in [0.1, 0.15) is 18.0 Å². The van der Waals surface area contributed by atoms with Gasteiger partial charge in [-0.3, -0.25) is 0 Å². The van der Waals surface area contributed by atoms with Crippen molar-refractivity contribution >= 4 is 5.57 Å². The van der Waals surface area contributed by atoms with Gasteiger partial charge >= 0.3 is 0 Å². The number of rotatable bonds is 0. The van der Waals surface area contributed by atoms with Crippen molar-refractivity contribution in [2.24, 2.45) is 0 Å². The molecule has 19 heavy (non-hydrogen) atoms. The van der Waals surface area contributed by atoms with Crippen LogP contribution in [0.25, 0.3) is 16.7 Å². The largest absolute Gasteiger partial charge is 0.508 e. The molecule has 94 valence electrons. The van der Waals surface area contributed by atoms with Gasteiger partial charge in [0.05, 0.1) is 0 Å². The van der Waals surface area contributed by atoms with E-state index < -0.39 is 12.2 Å². The highest BCUT2D eigenvalue weighted by Crippen LogP contribution is 2.50. The second kappa shape index (κ2) is 3.47. The van der Waals surface area contributed by atoms with Gasteiger partial charge in [-0.2, -0.15) is 0 Å². The monoisotopic (exact) mass is 252 g/mol. The van der Waals surface area contributed by atoms with Crippen molar-refractivity contribution in [3.8, 4) is 16.9 Å². The maximum atomic E-state index is 10.1. The zero-order valence-corrected chi connectivity index (χ0v) is 10.0. The zero-order chi connectivity index (χ0) is 13.1. The van der Waals surface area contributed by atoms with E-state index in [1.165, 1.54) is 0 Å². The van der Waals surface area contributed by atoms with Crippen LogP contribution < -0.4 is 0 Å². The molecule has 0 saturated carbocycles. The molecule has 2 atom stereocenters. The summed E-state index contributed by atoms with van der Waals surface area (Å²) in [7, 11) is 0. The number of fused-ring (bicyclic) bond motifs is 3. The molecule has 0 aliphatic heterocycles. The number of aliphatic hydroxyl groups is 2. The first kappa shape index (κ1) is 10.8. The molecule has 0 amide bonds. The predicted molar refractivity (Wildman–Crippen MR) is 71.6 cm³/mol. The third-order valence-corrected chi connectivity index (χ3v) is 3.93. The standard InChI is InChI=1S/C16H12O3/c17-8-4-5-9-12(6-8)10-2-1-3-11-15(10)13(9)7-14(18)16(11)19/h1-7,14,16-19H/t14-,16-/m0/s1. The number of phenolic OH excluding ortho intramolecular Hbond substituents is 1. The minimum atomic E-state index is -0.891. The molecule has 2 aliphatic rings. The summed E-state index contributed by atoms with van der Waals surface area (Å²) in [4.78, 5) is 0. The van der Waals surface area contributed by atoms with Crippen LogP contribution in [0.15, 0.2) is 42.5 Å².